The second kappa shape index (κ2) is 4.58. The van der Waals surface area contributed by atoms with Crippen molar-refractivity contribution in [3.8, 4) is 5.69 Å². The molecule has 2 aromatic rings. The number of aromatic nitrogens is 1. The summed E-state index contributed by atoms with van der Waals surface area (Å²) in [7, 11) is 0. The summed E-state index contributed by atoms with van der Waals surface area (Å²) in [5.74, 6) is -0.433. The molecule has 0 unspecified atom stereocenters. The van der Waals surface area contributed by atoms with Gasteiger partial charge >= 0.3 is 0 Å². The SMILES string of the molecule is CC(=O)c1cc(C)n(-c2ccc(F)c(Cl)c2)c1C. The molecule has 2 nitrogen and oxygen atoms in total. The highest BCUT2D eigenvalue weighted by molar-refractivity contribution is 6.30. The summed E-state index contributed by atoms with van der Waals surface area (Å²) < 4.78 is 15.0. The van der Waals surface area contributed by atoms with Crippen LogP contribution in [0, 0.1) is 19.7 Å². The molecule has 0 N–H and O–H groups in total. The van der Waals surface area contributed by atoms with E-state index in [2.05, 4.69) is 0 Å². The monoisotopic (exact) mass is 265 g/mol. The molecule has 0 aliphatic heterocycles. The average Bonchev–Trinajstić information content (AvgIpc) is 2.59. The Labute approximate surface area is 110 Å². The minimum absolute atomic E-state index is 0.0163. The van der Waals surface area contributed by atoms with Crippen molar-refractivity contribution < 1.29 is 9.18 Å². The van der Waals surface area contributed by atoms with Crippen molar-refractivity contribution in [3.05, 3.63) is 52.1 Å². The second-order valence-corrected chi connectivity index (χ2v) is 4.68. The normalized spacial score (nSPS) is 10.7. The maximum Gasteiger partial charge on any atom is 0.161 e. The van der Waals surface area contributed by atoms with Gasteiger partial charge in [-0.2, -0.15) is 0 Å². The van der Waals surface area contributed by atoms with Gasteiger partial charge in [-0.3, -0.25) is 4.79 Å². The van der Waals surface area contributed by atoms with E-state index in [1.807, 2.05) is 24.5 Å². The molecule has 18 heavy (non-hydrogen) atoms. The number of carbonyl (C=O) groups excluding carboxylic acids is 1. The fourth-order valence-electron chi connectivity index (χ4n) is 2.14. The van der Waals surface area contributed by atoms with Crippen LogP contribution in [0.1, 0.15) is 28.7 Å². The lowest BCUT2D eigenvalue weighted by Crippen LogP contribution is -2.01. The number of ketones is 1. The van der Waals surface area contributed by atoms with Crippen LogP contribution < -0.4 is 0 Å². The highest BCUT2D eigenvalue weighted by Gasteiger charge is 2.14. The number of benzene rings is 1. The van der Waals surface area contributed by atoms with Crippen LogP contribution in [-0.2, 0) is 0 Å². The fourth-order valence-corrected chi connectivity index (χ4v) is 2.32. The predicted molar refractivity (Wildman–Crippen MR) is 70.2 cm³/mol. The molecule has 0 saturated heterocycles. The molecule has 0 saturated carbocycles. The first-order chi connectivity index (χ1) is 8.41. The number of hydrogen-bond donors (Lipinski definition) is 0. The molecule has 1 aromatic heterocycles. The van der Waals surface area contributed by atoms with Gasteiger partial charge in [0.05, 0.1) is 5.02 Å². The zero-order chi connectivity index (χ0) is 13.4. The number of aryl methyl sites for hydroxylation is 1. The molecule has 0 aliphatic carbocycles. The van der Waals surface area contributed by atoms with E-state index in [1.165, 1.54) is 13.0 Å². The Morgan fingerprint density at radius 3 is 2.44 bits per heavy atom. The van der Waals surface area contributed by atoms with Crippen LogP contribution in [0.25, 0.3) is 5.69 Å². The molecule has 0 radical (unpaired) electrons. The Hall–Kier alpha value is -1.61. The van der Waals surface area contributed by atoms with E-state index < -0.39 is 5.82 Å². The summed E-state index contributed by atoms with van der Waals surface area (Å²) in [5.41, 5.74) is 3.18. The van der Waals surface area contributed by atoms with Crippen LogP contribution in [0.15, 0.2) is 24.3 Å². The van der Waals surface area contributed by atoms with Gasteiger partial charge in [0.25, 0.3) is 0 Å². The molecular formula is C14H13ClFNO. The lowest BCUT2D eigenvalue weighted by molar-refractivity contribution is 0.101. The number of nitrogens with zero attached hydrogens (tertiary/aromatic N) is 1. The quantitative estimate of drug-likeness (QED) is 0.750. The van der Waals surface area contributed by atoms with Crippen molar-refractivity contribution in [1.82, 2.24) is 4.57 Å². The molecule has 1 aromatic carbocycles. The molecule has 0 amide bonds. The minimum Gasteiger partial charge on any atom is -0.318 e. The Morgan fingerprint density at radius 2 is 1.94 bits per heavy atom. The molecule has 2 rings (SSSR count). The number of halogens is 2. The molecule has 0 bridgehead atoms. The lowest BCUT2D eigenvalue weighted by atomic mass is 10.2. The van der Waals surface area contributed by atoms with Gasteiger partial charge in [-0.15, -0.1) is 0 Å². The third-order valence-corrected chi connectivity index (χ3v) is 3.26. The van der Waals surface area contributed by atoms with E-state index >= 15 is 0 Å². The number of rotatable bonds is 2. The van der Waals surface area contributed by atoms with Crippen molar-refractivity contribution in [3.63, 3.8) is 0 Å². The zero-order valence-electron chi connectivity index (χ0n) is 10.4. The van der Waals surface area contributed by atoms with Crippen molar-refractivity contribution in [2.24, 2.45) is 0 Å². The summed E-state index contributed by atoms with van der Waals surface area (Å²) in [5, 5.41) is 0.0735. The molecule has 0 atom stereocenters. The van der Waals surface area contributed by atoms with Gasteiger partial charge in [0.1, 0.15) is 5.82 Å². The molecule has 0 spiro atoms. The Balaban J connectivity index is 2.64. The largest absolute Gasteiger partial charge is 0.318 e. The van der Waals surface area contributed by atoms with E-state index in [0.29, 0.717) is 5.56 Å². The maximum absolute atomic E-state index is 13.2. The highest BCUT2D eigenvalue weighted by Crippen LogP contribution is 2.24. The number of carbonyl (C=O) groups is 1. The van der Waals surface area contributed by atoms with Gasteiger partial charge in [-0.05, 0) is 45.0 Å². The molecular weight excluding hydrogens is 253 g/mol. The van der Waals surface area contributed by atoms with Gasteiger partial charge in [-0.1, -0.05) is 11.6 Å². The van der Waals surface area contributed by atoms with E-state index in [9.17, 15) is 9.18 Å². The predicted octanol–water partition coefficient (Wildman–Crippen LogP) is 4.09. The van der Waals surface area contributed by atoms with Crippen LogP contribution in [0.3, 0.4) is 0 Å². The smallest absolute Gasteiger partial charge is 0.161 e. The van der Waals surface area contributed by atoms with Gasteiger partial charge in [0.15, 0.2) is 5.78 Å². The summed E-state index contributed by atoms with van der Waals surface area (Å²) in [6.07, 6.45) is 0. The Kier molecular flexibility index (Phi) is 3.26. The van der Waals surface area contributed by atoms with Crippen molar-refractivity contribution >= 4 is 17.4 Å². The second-order valence-electron chi connectivity index (χ2n) is 4.27. The van der Waals surface area contributed by atoms with E-state index in [-0.39, 0.29) is 10.8 Å². The van der Waals surface area contributed by atoms with Crippen LogP contribution in [0.4, 0.5) is 4.39 Å². The Morgan fingerprint density at radius 1 is 1.28 bits per heavy atom. The van der Waals surface area contributed by atoms with Crippen molar-refractivity contribution in [1.29, 1.82) is 0 Å². The first-order valence-corrected chi connectivity index (χ1v) is 5.95. The standard InChI is InChI=1S/C14H13ClFNO/c1-8-6-12(10(3)18)9(2)17(8)11-4-5-14(16)13(15)7-11/h4-7H,1-3H3. The van der Waals surface area contributed by atoms with Gasteiger partial charge in [0.2, 0.25) is 0 Å². The third-order valence-electron chi connectivity index (χ3n) is 2.97. The first-order valence-electron chi connectivity index (χ1n) is 5.57. The summed E-state index contributed by atoms with van der Waals surface area (Å²) in [6, 6.07) is 6.35. The van der Waals surface area contributed by atoms with Crippen molar-refractivity contribution in [2.75, 3.05) is 0 Å². The van der Waals surface area contributed by atoms with Crippen LogP contribution >= 0.6 is 11.6 Å². The third kappa shape index (κ3) is 2.06. The summed E-state index contributed by atoms with van der Waals surface area (Å²) >= 11 is 5.78. The summed E-state index contributed by atoms with van der Waals surface area (Å²) in [6.45, 7) is 5.29. The average molecular weight is 266 g/mol. The molecule has 0 aliphatic rings. The Bertz CT molecular complexity index is 631. The van der Waals surface area contributed by atoms with Gasteiger partial charge in [-0.25, -0.2) is 4.39 Å². The topological polar surface area (TPSA) is 22.0 Å². The zero-order valence-corrected chi connectivity index (χ0v) is 11.2. The number of hydrogen-bond acceptors (Lipinski definition) is 1. The lowest BCUT2D eigenvalue weighted by Gasteiger charge is -2.10. The summed E-state index contributed by atoms with van der Waals surface area (Å²) in [4.78, 5) is 11.5. The van der Waals surface area contributed by atoms with E-state index in [4.69, 9.17) is 11.6 Å². The van der Waals surface area contributed by atoms with E-state index in [0.717, 1.165) is 17.1 Å². The van der Waals surface area contributed by atoms with E-state index in [1.54, 1.807) is 12.1 Å². The first kappa shape index (κ1) is 12.8. The highest BCUT2D eigenvalue weighted by atomic mass is 35.5. The van der Waals surface area contributed by atoms with Crippen LogP contribution in [0.5, 0.6) is 0 Å². The minimum atomic E-state index is -0.449. The molecule has 0 fully saturated rings. The van der Waals surface area contributed by atoms with Gasteiger partial charge in [0, 0.05) is 22.6 Å². The number of Topliss-reactive ketones (excluding diaryl/α,β-unsaturated/α-hetero) is 1. The van der Waals surface area contributed by atoms with Gasteiger partial charge < -0.3 is 4.57 Å². The van der Waals surface area contributed by atoms with Crippen LogP contribution in [-0.4, -0.2) is 10.4 Å². The maximum atomic E-state index is 13.2. The molecule has 4 heteroatoms. The molecule has 94 valence electrons. The fraction of sp³-hybridized carbons (Fsp3) is 0.214. The molecule has 1 heterocycles. The van der Waals surface area contributed by atoms with Crippen LogP contribution in [0.2, 0.25) is 5.02 Å². The van der Waals surface area contributed by atoms with Crippen molar-refractivity contribution in [2.45, 2.75) is 20.8 Å².